The van der Waals surface area contributed by atoms with Crippen molar-refractivity contribution in [1.82, 2.24) is 10.3 Å². The number of carbonyl (C=O) groups is 1. The van der Waals surface area contributed by atoms with Gasteiger partial charge in [-0.05, 0) is 69.2 Å². The molecule has 0 aliphatic heterocycles. The van der Waals surface area contributed by atoms with E-state index < -0.39 is 0 Å². The van der Waals surface area contributed by atoms with E-state index in [2.05, 4.69) is 31.6 Å². The molecule has 174 valence electrons. The second-order valence-corrected chi connectivity index (χ2v) is 10.5. The van der Waals surface area contributed by atoms with E-state index in [1.165, 1.54) is 0 Å². The van der Waals surface area contributed by atoms with Crippen LogP contribution in [0.15, 0.2) is 63.3 Å². The van der Waals surface area contributed by atoms with Gasteiger partial charge in [0.05, 0.1) is 16.8 Å². The Hall–Kier alpha value is -3.13. The average molecular weight is 519 g/mol. The van der Waals surface area contributed by atoms with Crippen molar-refractivity contribution in [2.75, 3.05) is 0 Å². The summed E-state index contributed by atoms with van der Waals surface area (Å²) in [6.45, 7) is 1.98. The van der Waals surface area contributed by atoms with Crippen LogP contribution in [-0.4, -0.2) is 22.3 Å². The Kier molecular flexibility index (Phi) is 5.72. The molecule has 0 spiro atoms. The Bertz CT molecular complexity index is 1300. The maximum Gasteiger partial charge on any atom is 0.252 e. The van der Waals surface area contributed by atoms with Crippen molar-refractivity contribution in [3.05, 3.63) is 64.1 Å². The lowest BCUT2D eigenvalue weighted by atomic mass is 9.56. The summed E-state index contributed by atoms with van der Waals surface area (Å²) >= 11 is 3.56. The average Bonchev–Trinajstić information content (AvgIpc) is 2.85. The predicted molar refractivity (Wildman–Crippen MR) is 137 cm³/mol. The lowest BCUT2D eigenvalue weighted by Crippen LogP contribution is -2.58. The zero-order valence-electron chi connectivity index (χ0n) is 19.1. The van der Waals surface area contributed by atoms with Gasteiger partial charge in [-0.1, -0.05) is 51.5 Å². The second kappa shape index (κ2) is 8.58. The van der Waals surface area contributed by atoms with Crippen molar-refractivity contribution in [2.45, 2.75) is 51.0 Å². The van der Waals surface area contributed by atoms with Gasteiger partial charge < -0.3 is 11.2 Å². The van der Waals surface area contributed by atoms with Crippen LogP contribution in [0.2, 0.25) is 0 Å². The molecule has 2 bridgehead atoms. The molecule has 3 fully saturated rings. The fraction of sp³-hybridized carbons (Fsp3) is 0.346. The van der Waals surface area contributed by atoms with Gasteiger partial charge in [0.2, 0.25) is 0 Å². The first kappa shape index (κ1) is 22.7. The zero-order valence-corrected chi connectivity index (χ0v) is 20.7. The summed E-state index contributed by atoms with van der Waals surface area (Å²) < 4.78 is 0.911. The molecule has 2 aromatic carbocycles. The number of pyridine rings is 1. The number of aromatic nitrogens is 1. The van der Waals surface area contributed by atoms with Crippen LogP contribution in [0.1, 0.15) is 54.4 Å². The van der Waals surface area contributed by atoms with E-state index in [4.69, 9.17) is 16.2 Å². The highest BCUT2D eigenvalue weighted by Gasteiger charge is 2.51. The van der Waals surface area contributed by atoms with Gasteiger partial charge >= 0.3 is 0 Å². The molecule has 0 atom stereocenters. The number of nitrogens with two attached hydrogens (primary N) is 1. The standard InChI is InChI=1S/C26H27BrN6O/c1-16-21(19-15-18(27)7-8-20(19)30-22(16)17-5-3-2-4-6-17)23(34)31-26-12-9-25(10-13-26,11-14-26)24(28)32-33-29/h2-8,15H,9-14H2,1H3,(H,31,34)(H3,28,29,32). The molecule has 6 rings (SSSR count). The van der Waals surface area contributed by atoms with Crippen molar-refractivity contribution < 1.29 is 4.79 Å². The largest absolute Gasteiger partial charge is 0.347 e. The van der Waals surface area contributed by atoms with Gasteiger partial charge in [-0.3, -0.25) is 10.2 Å². The number of carbonyl (C=O) groups excluding carboxylic acids is 1. The molecule has 3 aliphatic carbocycles. The Labute approximate surface area is 206 Å². The first-order valence-electron chi connectivity index (χ1n) is 11.5. The van der Waals surface area contributed by atoms with E-state index in [0.29, 0.717) is 5.56 Å². The van der Waals surface area contributed by atoms with Crippen LogP contribution in [0, 0.1) is 17.7 Å². The van der Waals surface area contributed by atoms with Gasteiger partial charge in [-0.25, -0.2) is 4.98 Å². The number of fused-ring (bicyclic) bond motifs is 4. The molecule has 0 unspecified atom stereocenters. The third-order valence-electron chi connectivity index (χ3n) is 7.75. The molecule has 1 heterocycles. The number of nitrogens with one attached hydrogen (secondary N) is 2. The van der Waals surface area contributed by atoms with Gasteiger partial charge in [-0.15, -0.1) is 5.11 Å². The fourth-order valence-electron chi connectivity index (χ4n) is 5.70. The van der Waals surface area contributed by atoms with Crippen LogP contribution in [0.4, 0.5) is 0 Å². The minimum absolute atomic E-state index is 0.0636. The molecule has 3 aromatic rings. The number of hydrogen-bond donors (Lipinski definition) is 3. The molecule has 4 N–H and O–H groups in total. The van der Waals surface area contributed by atoms with Crippen LogP contribution < -0.4 is 11.2 Å². The summed E-state index contributed by atoms with van der Waals surface area (Å²) in [5.74, 6) is 5.40. The lowest BCUT2D eigenvalue weighted by molar-refractivity contribution is 0.0560. The van der Waals surface area contributed by atoms with Crippen LogP contribution in [0.3, 0.4) is 0 Å². The van der Waals surface area contributed by atoms with Crippen molar-refractivity contribution >= 4 is 38.6 Å². The monoisotopic (exact) mass is 518 g/mol. The van der Waals surface area contributed by atoms with E-state index in [-0.39, 0.29) is 22.7 Å². The van der Waals surface area contributed by atoms with Gasteiger partial charge in [-0.2, -0.15) is 0 Å². The van der Waals surface area contributed by atoms with E-state index in [0.717, 1.165) is 70.7 Å². The maximum absolute atomic E-state index is 13.9. The lowest BCUT2D eigenvalue weighted by Gasteiger charge is -2.52. The fourth-order valence-corrected chi connectivity index (χ4v) is 6.06. The third kappa shape index (κ3) is 3.79. The summed E-state index contributed by atoms with van der Waals surface area (Å²) in [6.07, 6.45) is 4.88. The molecule has 0 saturated heterocycles. The predicted octanol–water partition coefficient (Wildman–Crippen LogP) is 6.10. The molecular weight excluding hydrogens is 492 g/mol. The van der Waals surface area contributed by atoms with E-state index in [9.17, 15) is 4.79 Å². The van der Waals surface area contributed by atoms with Gasteiger partial charge in [0.1, 0.15) is 0 Å². The highest BCUT2D eigenvalue weighted by Crippen LogP contribution is 2.53. The first-order valence-corrected chi connectivity index (χ1v) is 12.3. The van der Waals surface area contributed by atoms with E-state index >= 15 is 0 Å². The van der Waals surface area contributed by atoms with Crippen molar-refractivity contribution in [3.63, 3.8) is 0 Å². The quantitative estimate of drug-likeness (QED) is 0.127. The second-order valence-electron chi connectivity index (χ2n) is 9.57. The highest BCUT2D eigenvalue weighted by atomic mass is 79.9. The zero-order chi connectivity index (χ0) is 23.9. The molecule has 7 nitrogen and oxygen atoms in total. The van der Waals surface area contributed by atoms with E-state index in [1.54, 1.807) is 0 Å². The van der Waals surface area contributed by atoms with Crippen molar-refractivity contribution in [3.8, 4) is 11.3 Å². The van der Waals surface area contributed by atoms with Crippen LogP contribution >= 0.6 is 15.9 Å². The van der Waals surface area contributed by atoms with Crippen LogP contribution in [0.5, 0.6) is 0 Å². The first-order chi connectivity index (χ1) is 16.4. The summed E-state index contributed by atoms with van der Waals surface area (Å²) in [7, 11) is 0. The Morgan fingerprint density at radius 2 is 1.76 bits per heavy atom. The number of amidine groups is 1. The highest BCUT2D eigenvalue weighted by molar-refractivity contribution is 9.10. The smallest absolute Gasteiger partial charge is 0.252 e. The van der Waals surface area contributed by atoms with Crippen molar-refractivity contribution in [2.24, 2.45) is 21.6 Å². The third-order valence-corrected chi connectivity index (χ3v) is 8.24. The van der Waals surface area contributed by atoms with Crippen molar-refractivity contribution in [1.29, 1.82) is 5.41 Å². The number of halogens is 1. The number of amides is 1. The van der Waals surface area contributed by atoms with E-state index in [1.807, 2.05) is 55.5 Å². The van der Waals surface area contributed by atoms with Gasteiger partial charge in [0.15, 0.2) is 5.84 Å². The molecule has 34 heavy (non-hydrogen) atoms. The molecule has 1 aromatic heterocycles. The molecule has 8 heteroatoms. The van der Waals surface area contributed by atoms with Crippen LogP contribution in [-0.2, 0) is 0 Å². The van der Waals surface area contributed by atoms with Gasteiger partial charge in [0.25, 0.3) is 5.91 Å². The molecule has 3 aliphatic rings. The number of hydrogen-bond acceptors (Lipinski definition) is 4. The van der Waals surface area contributed by atoms with Crippen LogP contribution in [0.25, 0.3) is 22.2 Å². The molecule has 0 radical (unpaired) electrons. The molecule has 1 amide bonds. The SMILES string of the molecule is Cc1c(-c2ccccc2)nc2ccc(Br)cc2c1C(=O)NC12CCC(C(=N)N=NN)(CC1)CC2. The topological polar surface area (TPSA) is 117 Å². The summed E-state index contributed by atoms with van der Waals surface area (Å²) in [5.41, 5.74) is 3.63. The summed E-state index contributed by atoms with van der Waals surface area (Å²) in [5, 5.41) is 19.7. The Morgan fingerprint density at radius 1 is 1.09 bits per heavy atom. The maximum atomic E-state index is 13.9. The number of nitrogens with zero attached hydrogens (tertiary/aromatic N) is 3. The number of rotatable bonds is 4. The summed E-state index contributed by atoms with van der Waals surface area (Å²) in [4.78, 5) is 18.8. The van der Waals surface area contributed by atoms with Gasteiger partial charge in [0, 0.05) is 26.4 Å². The minimum Gasteiger partial charge on any atom is -0.347 e. The molecular formula is C26H27BrN6O. The molecule has 3 saturated carbocycles. The minimum atomic E-state index is -0.264. The number of benzene rings is 2. The normalized spacial score (nSPS) is 23.9. The Balaban J connectivity index is 1.51. The summed E-state index contributed by atoms with van der Waals surface area (Å²) in [6, 6.07) is 15.9. The Morgan fingerprint density at radius 3 is 2.41 bits per heavy atom.